The molecule has 0 spiro atoms. The van der Waals surface area contributed by atoms with Crippen molar-refractivity contribution in [1.82, 2.24) is 15.5 Å². The third kappa shape index (κ3) is 5.68. The summed E-state index contributed by atoms with van der Waals surface area (Å²) in [7, 11) is 0. The molecular weight excluding hydrogens is 392 g/mol. The van der Waals surface area contributed by atoms with E-state index in [9.17, 15) is 4.79 Å². The SMILES string of the molecule is CC(CN)CNC(=O)CCc1nc(-c2cc(Br)cs2)no1.Cl. The number of aromatic nitrogens is 2. The fourth-order valence-electron chi connectivity index (χ4n) is 1.57. The van der Waals surface area contributed by atoms with Gasteiger partial charge in [-0.25, -0.2) is 0 Å². The third-order valence-corrected chi connectivity index (χ3v) is 4.56. The summed E-state index contributed by atoms with van der Waals surface area (Å²) in [6.07, 6.45) is 0.759. The molecule has 9 heteroatoms. The van der Waals surface area contributed by atoms with Crippen LogP contribution in [0.15, 0.2) is 20.4 Å². The van der Waals surface area contributed by atoms with Crippen LogP contribution in [0, 0.1) is 5.92 Å². The zero-order valence-electron chi connectivity index (χ0n) is 12.0. The molecule has 0 aliphatic carbocycles. The summed E-state index contributed by atoms with van der Waals surface area (Å²) in [6, 6.07) is 1.93. The first-order chi connectivity index (χ1) is 10.1. The average molecular weight is 410 g/mol. The van der Waals surface area contributed by atoms with Gasteiger partial charge in [0.05, 0.1) is 4.88 Å². The molecule has 1 unspecified atom stereocenters. The van der Waals surface area contributed by atoms with E-state index in [1.54, 1.807) is 0 Å². The van der Waals surface area contributed by atoms with Crippen molar-refractivity contribution in [2.24, 2.45) is 11.7 Å². The minimum Gasteiger partial charge on any atom is -0.356 e. The van der Waals surface area contributed by atoms with Crippen LogP contribution in [-0.4, -0.2) is 29.1 Å². The van der Waals surface area contributed by atoms with Gasteiger partial charge in [-0.05, 0) is 34.5 Å². The number of nitrogens with zero attached hydrogens (tertiary/aromatic N) is 2. The summed E-state index contributed by atoms with van der Waals surface area (Å²) in [4.78, 5) is 16.9. The van der Waals surface area contributed by atoms with Crippen molar-refractivity contribution in [3.8, 4) is 10.7 Å². The topological polar surface area (TPSA) is 94.0 Å². The van der Waals surface area contributed by atoms with E-state index in [1.165, 1.54) is 11.3 Å². The van der Waals surface area contributed by atoms with E-state index >= 15 is 0 Å². The third-order valence-electron chi connectivity index (χ3n) is 2.87. The van der Waals surface area contributed by atoms with Crippen LogP contribution in [0.4, 0.5) is 0 Å². The molecule has 0 fully saturated rings. The van der Waals surface area contributed by atoms with Crippen molar-refractivity contribution in [3.05, 3.63) is 21.8 Å². The van der Waals surface area contributed by atoms with Crippen LogP contribution in [0.25, 0.3) is 10.7 Å². The Balaban J connectivity index is 0.00000242. The zero-order valence-corrected chi connectivity index (χ0v) is 15.3. The smallest absolute Gasteiger partial charge is 0.227 e. The van der Waals surface area contributed by atoms with Gasteiger partial charge in [0.2, 0.25) is 17.6 Å². The lowest BCUT2D eigenvalue weighted by atomic mass is 10.2. The lowest BCUT2D eigenvalue weighted by Gasteiger charge is -2.09. The van der Waals surface area contributed by atoms with Crippen molar-refractivity contribution in [2.45, 2.75) is 19.8 Å². The van der Waals surface area contributed by atoms with E-state index in [2.05, 4.69) is 31.4 Å². The molecule has 2 aromatic heterocycles. The van der Waals surface area contributed by atoms with Crippen LogP contribution >= 0.6 is 39.7 Å². The Labute approximate surface area is 147 Å². The van der Waals surface area contributed by atoms with E-state index in [0.717, 1.165) is 9.35 Å². The quantitative estimate of drug-likeness (QED) is 0.733. The molecule has 22 heavy (non-hydrogen) atoms. The number of nitrogens with one attached hydrogen (secondary N) is 1. The van der Waals surface area contributed by atoms with E-state index in [-0.39, 0.29) is 24.2 Å². The number of aryl methyl sites for hydroxylation is 1. The Bertz CT molecular complexity index is 604. The maximum atomic E-state index is 11.7. The van der Waals surface area contributed by atoms with E-state index in [0.29, 0.717) is 37.6 Å². The number of rotatable bonds is 7. The van der Waals surface area contributed by atoms with Gasteiger partial charge in [0.15, 0.2) is 0 Å². The Morgan fingerprint density at radius 2 is 2.36 bits per heavy atom. The molecule has 122 valence electrons. The molecule has 0 aromatic carbocycles. The van der Waals surface area contributed by atoms with Crippen LogP contribution < -0.4 is 11.1 Å². The molecule has 1 amide bonds. The molecule has 0 aliphatic heterocycles. The van der Waals surface area contributed by atoms with E-state index in [1.807, 2.05) is 18.4 Å². The molecule has 1 atom stereocenters. The standard InChI is InChI=1S/C13H17BrN4O2S.ClH/c1-8(5-15)6-16-11(19)2-3-12-17-13(18-20-12)10-4-9(14)7-21-10;/h4,7-8H,2-3,5-6,15H2,1H3,(H,16,19);1H. The zero-order chi connectivity index (χ0) is 15.2. The minimum absolute atomic E-state index is 0. The van der Waals surface area contributed by atoms with E-state index < -0.39 is 0 Å². The molecule has 2 heterocycles. The molecule has 6 nitrogen and oxygen atoms in total. The molecule has 0 bridgehead atoms. The van der Waals surface area contributed by atoms with Gasteiger partial charge in [0, 0.05) is 29.2 Å². The average Bonchev–Trinajstić information content (AvgIpc) is 3.11. The first-order valence-corrected chi connectivity index (χ1v) is 8.29. The van der Waals surface area contributed by atoms with Crippen LogP contribution in [0.1, 0.15) is 19.2 Å². The number of thiophene rings is 1. The fourth-order valence-corrected chi connectivity index (χ4v) is 2.92. The van der Waals surface area contributed by atoms with Crippen molar-refractivity contribution in [1.29, 1.82) is 0 Å². The highest BCUT2D eigenvalue weighted by Crippen LogP contribution is 2.27. The second-order valence-electron chi connectivity index (χ2n) is 4.79. The predicted octanol–water partition coefficient (Wildman–Crippen LogP) is 2.63. The largest absolute Gasteiger partial charge is 0.356 e. The molecular formula is C13H18BrClN4O2S. The van der Waals surface area contributed by atoms with Gasteiger partial charge in [0.1, 0.15) is 0 Å². The number of halogens is 2. The van der Waals surface area contributed by atoms with Crippen LogP contribution in [-0.2, 0) is 11.2 Å². The molecule has 0 saturated heterocycles. The summed E-state index contributed by atoms with van der Waals surface area (Å²) in [5, 5.41) is 8.71. The van der Waals surface area contributed by atoms with Crippen molar-refractivity contribution < 1.29 is 9.32 Å². The highest BCUT2D eigenvalue weighted by molar-refractivity contribution is 9.10. The maximum absolute atomic E-state index is 11.7. The summed E-state index contributed by atoms with van der Waals surface area (Å²) in [6.45, 7) is 3.14. The molecule has 0 radical (unpaired) electrons. The van der Waals surface area contributed by atoms with Gasteiger partial charge in [-0.3, -0.25) is 4.79 Å². The van der Waals surface area contributed by atoms with Crippen LogP contribution in [0.3, 0.4) is 0 Å². The van der Waals surface area contributed by atoms with Gasteiger partial charge >= 0.3 is 0 Å². The highest BCUT2D eigenvalue weighted by atomic mass is 79.9. The molecule has 0 saturated carbocycles. The van der Waals surface area contributed by atoms with Gasteiger partial charge < -0.3 is 15.6 Å². The second kappa shape index (κ2) is 9.24. The second-order valence-corrected chi connectivity index (χ2v) is 6.61. The van der Waals surface area contributed by atoms with Crippen molar-refractivity contribution in [2.75, 3.05) is 13.1 Å². The number of nitrogens with two attached hydrogens (primary N) is 1. The van der Waals surface area contributed by atoms with E-state index in [4.69, 9.17) is 10.3 Å². The number of carbonyl (C=O) groups excluding carboxylic acids is 1. The maximum Gasteiger partial charge on any atom is 0.227 e. The lowest BCUT2D eigenvalue weighted by molar-refractivity contribution is -0.121. The lowest BCUT2D eigenvalue weighted by Crippen LogP contribution is -2.31. The fraction of sp³-hybridized carbons (Fsp3) is 0.462. The Kier molecular flexibility index (Phi) is 8.02. The van der Waals surface area contributed by atoms with Crippen LogP contribution in [0.2, 0.25) is 0 Å². The summed E-state index contributed by atoms with van der Waals surface area (Å²) >= 11 is 4.91. The Morgan fingerprint density at radius 3 is 3.00 bits per heavy atom. The Morgan fingerprint density at radius 1 is 1.59 bits per heavy atom. The van der Waals surface area contributed by atoms with Gasteiger partial charge in [-0.2, -0.15) is 4.98 Å². The van der Waals surface area contributed by atoms with Gasteiger partial charge in [-0.1, -0.05) is 12.1 Å². The monoisotopic (exact) mass is 408 g/mol. The number of hydrogen-bond donors (Lipinski definition) is 2. The highest BCUT2D eigenvalue weighted by Gasteiger charge is 2.12. The van der Waals surface area contributed by atoms with Gasteiger partial charge in [-0.15, -0.1) is 23.7 Å². The van der Waals surface area contributed by atoms with Crippen LogP contribution in [0.5, 0.6) is 0 Å². The molecule has 3 N–H and O–H groups in total. The minimum atomic E-state index is -0.0334. The van der Waals surface area contributed by atoms with Crippen molar-refractivity contribution in [3.63, 3.8) is 0 Å². The first kappa shape index (κ1) is 19.1. The number of hydrogen-bond acceptors (Lipinski definition) is 6. The number of carbonyl (C=O) groups is 1. The van der Waals surface area contributed by atoms with Gasteiger partial charge in [0.25, 0.3) is 0 Å². The molecule has 2 aromatic rings. The predicted molar refractivity (Wildman–Crippen MR) is 92.1 cm³/mol. The van der Waals surface area contributed by atoms with Crippen molar-refractivity contribution >= 4 is 45.6 Å². The molecule has 0 aliphatic rings. The summed E-state index contributed by atoms with van der Waals surface area (Å²) in [5.74, 6) is 1.27. The summed E-state index contributed by atoms with van der Waals surface area (Å²) in [5.41, 5.74) is 5.50. The Hall–Kier alpha value is -0.960. The normalized spacial score (nSPS) is 11.8. The summed E-state index contributed by atoms with van der Waals surface area (Å²) < 4.78 is 6.14. The molecule has 2 rings (SSSR count). The number of amides is 1. The first-order valence-electron chi connectivity index (χ1n) is 6.62.